The predicted octanol–water partition coefficient (Wildman–Crippen LogP) is 1.71. The minimum atomic E-state index is -0.443. The van der Waals surface area contributed by atoms with Crippen LogP contribution in [0.25, 0.3) is 0 Å². The molecule has 1 aromatic rings. The highest BCUT2D eigenvalue weighted by Gasteiger charge is 2.24. The van der Waals surface area contributed by atoms with E-state index in [1.807, 2.05) is 38.1 Å². The molecular formula is C12H18N2O. The average molecular weight is 206 g/mol. The highest BCUT2D eigenvalue weighted by molar-refractivity contribution is 5.79. The molecule has 3 heteroatoms. The fourth-order valence-electron chi connectivity index (χ4n) is 1.26. The van der Waals surface area contributed by atoms with Gasteiger partial charge in [0.15, 0.2) is 0 Å². The van der Waals surface area contributed by atoms with Crippen molar-refractivity contribution in [2.24, 2.45) is 11.1 Å². The summed E-state index contributed by atoms with van der Waals surface area (Å²) < 4.78 is 0. The summed E-state index contributed by atoms with van der Waals surface area (Å²) in [6.07, 6.45) is 1.60. The number of nitrogens with two attached hydrogens (primary N) is 2. The Bertz CT molecular complexity index is 341. The van der Waals surface area contributed by atoms with E-state index in [-0.39, 0.29) is 5.91 Å². The first-order valence-corrected chi connectivity index (χ1v) is 5.06. The number of hydrogen-bond donors (Lipinski definition) is 2. The van der Waals surface area contributed by atoms with Crippen molar-refractivity contribution in [3.8, 4) is 0 Å². The van der Waals surface area contributed by atoms with Gasteiger partial charge < -0.3 is 11.5 Å². The second-order valence-electron chi connectivity index (χ2n) is 4.49. The number of rotatable bonds is 4. The number of anilines is 1. The maximum Gasteiger partial charge on any atom is 0.223 e. The molecule has 0 aliphatic rings. The van der Waals surface area contributed by atoms with Gasteiger partial charge in [0.2, 0.25) is 5.91 Å². The summed E-state index contributed by atoms with van der Waals surface area (Å²) in [5.74, 6) is -0.252. The van der Waals surface area contributed by atoms with E-state index in [1.165, 1.54) is 5.56 Å². The average Bonchev–Trinajstić information content (AvgIpc) is 2.17. The number of amides is 1. The zero-order chi connectivity index (χ0) is 11.5. The molecule has 15 heavy (non-hydrogen) atoms. The Hall–Kier alpha value is -1.51. The number of carbonyl (C=O) groups excluding carboxylic acids is 1. The summed E-state index contributed by atoms with van der Waals surface area (Å²) in [5, 5.41) is 0. The van der Waals surface area contributed by atoms with E-state index < -0.39 is 5.41 Å². The van der Waals surface area contributed by atoms with Crippen LogP contribution in [0.15, 0.2) is 24.3 Å². The minimum absolute atomic E-state index is 0.252. The van der Waals surface area contributed by atoms with Crippen LogP contribution in [0.4, 0.5) is 5.69 Å². The first kappa shape index (κ1) is 11.6. The lowest BCUT2D eigenvalue weighted by molar-refractivity contribution is -0.126. The summed E-state index contributed by atoms with van der Waals surface area (Å²) in [7, 11) is 0. The number of carbonyl (C=O) groups is 1. The second kappa shape index (κ2) is 4.34. The van der Waals surface area contributed by atoms with Crippen molar-refractivity contribution in [2.45, 2.75) is 26.7 Å². The molecule has 0 aromatic heterocycles. The summed E-state index contributed by atoms with van der Waals surface area (Å²) in [6.45, 7) is 3.74. The molecule has 0 saturated carbocycles. The van der Waals surface area contributed by atoms with Crippen molar-refractivity contribution in [2.75, 3.05) is 5.73 Å². The Morgan fingerprint density at radius 1 is 1.27 bits per heavy atom. The van der Waals surface area contributed by atoms with E-state index in [9.17, 15) is 4.79 Å². The molecule has 0 fully saturated rings. The maximum atomic E-state index is 11.1. The molecule has 0 heterocycles. The number of nitrogen functional groups attached to an aromatic ring is 1. The van der Waals surface area contributed by atoms with E-state index >= 15 is 0 Å². The number of benzene rings is 1. The first-order chi connectivity index (χ1) is 6.92. The second-order valence-corrected chi connectivity index (χ2v) is 4.49. The van der Waals surface area contributed by atoms with Gasteiger partial charge in [-0.05, 0) is 30.5 Å². The number of primary amides is 1. The van der Waals surface area contributed by atoms with Crippen molar-refractivity contribution >= 4 is 11.6 Å². The van der Waals surface area contributed by atoms with Crippen LogP contribution in [0.3, 0.4) is 0 Å². The first-order valence-electron chi connectivity index (χ1n) is 5.06. The van der Waals surface area contributed by atoms with Gasteiger partial charge in [-0.2, -0.15) is 0 Å². The lowest BCUT2D eigenvalue weighted by atomic mass is 9.85. The fraction of sp³-hybridized carbons (Fsp3) is 0.417. The Labute approximate surface area is 90.5 Å². The van der Waals surface area contributed by atoms with Crippen molar-refractivity contribution in [3.05, 3.63) is 29.8 Å². The molecule has 0 atom stereocenters. The molecule has 0 unspecified atom stereocenters. The van der Waals surface area contributed by atoms with Crippen LogP contribution in [-0.2, 0) is 11.2 Å². The summed E-state index contributed by atoms with van der Waals surface area (Å²) in [6, 6.07) is 7.69. The van der Waals surface area contributed by atoms with Gasteiger partial charge in [-0.3, -0.25) is 4.79 Å². The van der Waals surface area contributed by atoms with Gasteiger partial charge in [-0.1, -0.05) is 26.0 Å². The molecule has 0 aliphatic heterocycles. The number of aryl methyl sites for hydroxylation is 1. The molecule has 1 aromatic carbocycles. The van der Waals surface area contributed by atoms with Crippen molar-refractivity contribution < 1.29 is 4.79 Å². The van der Waals surface area contributed by atoms with Gasteiger partial charge in [0, 0.05) is 11.1 Å². The van der Waals surface area contributed by atoms with E-state index in [1.54, 1.807) is 0 Å². The predicted molar refractivity (Wildman–Crippen MR) is 62.2 cm³/mol. The third kappa shape index (κ3) is 3.27. The molecule has 0 aliphatic carbocycles. The largest absolute Gasteiger partial charge is 0.399 e. The van der Waals surface area contributed by atoms with E-state index in [0.29, 0.717) is 0 Å². The molecule has 0 saturated heterocycles. The van der Waals surface area contributed by atoms with Gasteiger partial charge in [-0.25, -0.2) is 0 Å². The zero-order valence-corrected chi connectivity index (χ0v) is 9.29. The Kier molecular flexibility index (Phi) is 3.35. The van der Waals surface area contributed by atoms with Crippen LogP contribution in [0.5, 0.6) is 0 Å². The van der Waals surface area contributed by atoms with Gasteiger partial charge in [0.1, 0.15) is 0 Å². The Morgan fingerprint density at radius 2 is 1.80 bits per heavy atom. The zero-order valence-electron chi connectivity index (χ0n) is 9.29. The van der Waals surface area contributed by atoms with E-state index in [2.05, 4.69) is 0 Å². The minimum Gasteiger partial charge on any atom is -0.399 e. The standard InChI is InChI=1S/C12H18N2O/c1-12(2,11(14)15)8-7-9-3-5-10(13)6-4-9/h3-6H,7-8,13H2,1-2H3,(H2,14,15). The van der Waals surface area contributed by atoms with Crippen LogP contribution >= 0.6 is 0 Å². The lowest BCUT2D eigenvalue weighted by Gasteiger charge is -2.19. The van der Waals surface area contributed by atoms with E-state index in [0.717, 1.165) is 18.5 Å². The monoisotopic (exact) mass is 206 g/mol. The fourth-order valence-corrected chi connectivity index (χ4v) is 1.26. The smallest absolute Gasteiger partial charge is 0.223 e. The lowest BCUT2D eigenvalue weighted by Crippen LogP contribution is -2.31. The summed E-state index contributed by atoms with van der Waals surface area (Å²) in [4.78, 5) is 11.1. The summed E-state index contributed by atoms with van der Waals surface area (Å²) in [5.41, 5.74) is 12.4. The Morgan fingerprint density at radius 3 is 2.27 bits per heavy atom. The molecule has 0 bridgehead atoms. The molecule has 1 amide bonds. The van der Waals surface area contributed by atoms with Gasteiger partial charge in [0.25, 0.3) is 0 Å². The van der Waals surface area contributed by atoms with Crippen LogP contribution < -0.4 is 11.5 Å². The van der Waals surface area contributed by atoms with Crippen LogP contribution in [0.1, 0.15) is 25.8 Å². The van der Waals surface area contributed by atoms with Gasteiger partial charge in [0.05, 0.1) is 0 Å². The molecule has 0 radical (unpaired) electrons. The third-order valence-corrected chi connectivity index (χ3v) is 2.69. The maximum absolute atomic E-state index is 11.1. The SMILES string of the molecule is CC(C)(CCc1ccc(N)cc1)C(N)=O. The Balaban J connectivity index is 2.57. The molecule has 1 rings (SSSR count). The highest BCUT2D eigenvalue weighted by atomic mass is 16.1. The summed E-state index contributed by atoms with van der Waals surface area (Å²) >= 11 is 0. The normalized spacial score (nSPS) is 11.3. The molecule has 3 nitrogen and oxygen atoms in total. The molecule has 0 spiro atoms. The molecule has 4 N–H and O–H groups in total. The molecular weight excluding hydrogens is 188 g/mol. The number of hydrogen-bond acceptors (Lipinski definition) is 2. The molecule has 82 valence electrons. The van der Waals surface area contributed by atoms with Crippen LogP contribution in [0.2, 0.25) is 0 Å². The quantitative estimate of drug-likeness (QED) is 0.736. The van der Waals surface area contributed by atoms with Gasteiger partial charge in [-0.15, -0.1) is 0 Å². The highest BCUT2D eigenvalue weighted by Crippen LogP contribution is 2.22. The van der Waals surface area contributed by atoms with Crippen molar-refractivity contribution in [3.63, 3.8) is 0 Å². The third-order valence-electron chi connectivity index (χ3n) is 2.69. The van der Waals surface area contributed by atoms with Crippen molar-refractivity contribution in [1.29, 1.82) is 0 Å². The van der Waals surface area contributed by atoms with Crippen molar-refractivity contribution in [1.82, 2.24) is 0 Å². The van der Waals surface area contributed by atoms with Crippen LogP contribution in [-0.4, -0.2) is 5.91 Å². The van der Waals surface area contributed by atoms with Gasteiger partial charge >= 0.3 is 0 Å². The van der Waals surface area contributed by atoms with E-state index in [4.69, 9.17) is 11.5 Å². The van der Waals surface area contributed by atoms with Crippen LogP contribution in [0, 0.1) is 5.41 Å². The topological polar surface area (TPSA) is 69.1 Å².